The van der Waals surface area contributed by atoms with Gasteiger partial charge in [0.2, 0.25) is 0 Å². The molecule has 0 aliphatic heterocycles. The minimum atomic E-state index is 0.486. The molecule has 120 valence electrons. The van der Waals surface area contributed by atoms with Crippen LogP contribution in [0.15, 0.2) is 11.1 Å². The van der Waals surface area contributed by atoms with E-state index in [0.29, 0.717) is 5.38 Å². The van der Waals surface area contributed by atoms with Crippen molar-refractivity contribution in [3.8, 4) is 0 Å². The SMILES string of the molecule is CC1[C@@H]2C[C@@H]3C[C@H]1C(=C1C4CC5CC(C4)CC1C5)[C@H](C2)C3Cl. The zero-order chi connectivity index (χ0) is 14.6. The van der Waals surface area contributed by atoms with Crippen LogP contribution in [-0.2, 0) is 0 Å². The Morgan fingerprint density at radius 3 is 2.00 bits per heavy atom. The molecule has 0 saturated heterocycles. The second kappa shape index (κ2) is 4.35. The zero-order valence-electron chi connectivity index (χ0n) is 13.8. The summed E-state index contributed by atoms with van der Waals surface area (Å²) in [5.74, 6) is 8.69. The Hall–Kier alpha value is 0.0300. The van der Waals surface area contributed by atoms with Gasteiger partial charge in [0.1, 0.15) is 0 Å². The predicted molar refractivity (Wildman–Crippen MR) is 90.7 cm³/mol. The molecule has 8 saturated carbocycles. The second-order valence-electron chi connectivity index (χ2n) is 9.96. The normalized spacial score (nSPS) is 61.4. The summed E-state index contributed by atoms with van der Waals surface area (Å²) in [4.78, 5) is 0. The van der Waals surface area contributed by atoms with Crippen LogP contribution in [0, 0.1) is 53.3 Å². The summed E-state index contributed by atoms with van der Waals surface area (Å²) in [6.07, 6.45) is 12.1. The summed E-state index contributed by atoms with van der Waals surface area (Å²) in [6, 6.07) is 0. The van der Waals surface area contributed by atoms with Crippen LogP contribution < -0.4 is 0 Å². The van der Waals surface area contributed by atoms with E-state index in [0.717, 1.165) is 53.3 Å². The first-order valence-corrected chi connectivity index (χ1v) is 10.5. The highest BCUT2D eigenvalue weighted by Crippen LogP contribution is 2.65. The molecule has 0 spiro atoms. The first-order valence-electron chi connectivity index (χ1n) is 10.1. The molecule has 8 fully saturated rings. The van der Waals surface area contributed by atoms with Gasteiger partial charge in [-0.3, -0.25) is 0 Å². The average molecular weight is 317 g/mol. The smallest absolute Gasteiger partial charge is 0.0430 e. The maximum absolute atomic E-state index is 6.99. The lowest BCUT2D eigenvalue weighted by atomic mass is 9.46. The van der Waals surface area contributed by atoms with Gasteiger partial charge in [-0.15, -0.1) is 11.6 Å². The summed E-state index contributed by atoms with van der Waals surface area (Å²) in [6.45, 7) is 2.58. The van der Waals surface area contributed by atoms with Crippen molar-refractivity contribution in [2.45, 2.75) is 63.7 Å². The Morgan fingerprint density at radius 2 is 1.32 bits per heavy atom. The van der Waals surface area contributed by atoms with Gasteiger partial charge in [-0.1, -0.05) is 18.1 Å². The number of alkyl halides is 1. The molecular weight excluding hydrogens is 288 g/mol. The number of allylic oxidation sites excluding steroid dienone is 2. The van der Waals surface area contributed by atoms with E-state index in [-0.39, 0.29) is 0 Å². The third-order valence-electron chi connectivity index (χ3n) is 9.08. The second-order valence-corrected chi connectivity index (χ2v) is 10.5. The Kier molecular flexibility index (Phi) is 2.64. The van der Waals surface area contributed by atoms with E-state index in [1.807, 2.05) is 11.1 Å². The maximum atomic E-state index is 6.99. The molecule has 0 aromatic heterocycles. The largest absolute Gasteiger partial charge is 0.122 e. The predicted octanol–water partition coefficient (Wildman–Crippen LogP) is 5.66. The van der Waals surface area contributed by atoms with Crippen molar-refractivity contribution in [1.82, 2.24) is 0 Å². The first kappa shape index (κ1) is 13.3. The summed E-state index contributed by atoms with van der Waals surface area (Å²) in [7, 11) is 0. The third kappa shape index (κ3) is 1.57. The topological polar surface area (TPSA) is 0 Å². The van der Waals surface area contributed by atoms with E-state index in [1.165, 1.54) is 19.3 Å². The molecule has 0 radical (unpaired) electrons. The highest BCUT2D eigenvalue weighted by Gasteiger charge is 2.56. The lowest BCUT2D eigenvalue weighted by Crippen LogP contribution is -2.53. The van der Waals surface area contributed by atoms with Gasteiger partial charge >= 0.3 is 0 Å². The molecule has 22 heavy (non-hydrogen) atoms. The van der Waals surface area contributed by atoms with Gasteiger partial charge in [-0.25, -0.2) is 0 Å². The van der Waals surface area contributed by atoms with Gasteiger partial charge in [0, 0.05) is 5.38 Å². The summed E-state index contributed by atoms with van der Waals surface area (Å²) >= 11 is 6.99. The van der Waals surface area contributed by atoms with E-state index in [4.69, 9.17) is 11.6 Å². The van der Waals surface area contributed by atoms with Crippen molar-refractivity contribution < 1.29 is 0 Å². The van der Waals surface area contributed by atoms with Crippen LogP contribution in [0.4, 0.5) is 0 Å². The Bertz CT molecular complexity index is 492. The molecule has 6 atom stereocenters. The maximum Gasteiger partial charge on any atom is 0.0430 e. The van der Waals surface area contributed by atoms with Crippen molar-refractivity contribution in [1.29, 1.82) is 0 Å². The minimum Gasteiger partial charge on any atom is -0.122 e. The Balaban J connectivity index is 1.48. The first-order chi connectivity index (χ1) is 10.7. The van der Waals surface area contributed by atoms with E-state index in [1.54, 1.807) is 32.1 Å². The Morgan fingerprint density at radius 1 is 0.682 bits per heavy atom. The fourth-order valence-electron chi connectivity index (χ4n) is 8.50. The van der Waals surface area contributed by atoms with Crippen molar-refractivity contribution in [2.75, 3.05) is 0 Å². The fraction of sp³-hybridized carbons (Fsp3) is 0.905. The van der Waals surface area contributed by atoms with Crippen molar-refractivity contribution in [3.63, 3.8) is 0 Å². The van der Waals surface area contributed by atoms with Crippen molar-refractivity contribution in [2.24, 2.45) is 53.3 Å². The summed E-state index contributed by atoms with van der Waals surface area (Å²) in [5, 5.41) is 0.486. The number of hydrogen-bond acceptors (Lipinski definition) is 0. The lowest BCUT2D eigenvalue weighted by molar-refractivity contribution is 0.00957. The molecule has 0 aromatic rings. The van der Waals surface area contributed by atoms with Gasteiger partial charge < -0.3 is 0 Å². The van der Waals surface area contributed by atoms with E-state index in [2.05, 4.69) is 6.92 Å². The molecule has 0 aromatic carbocycles. The van der Waals surface area contributed by atoms with E-state index in [9.17, 15) is 0 Å². The van der Waals surface area contributed by atoms with Crippen LogP contribution in [0.3, 0.4) is 0 Å². The molecule has 8 aliphatic carbocycles. The molecule has 8 aliphatic rings. The Labute approximate surface area is 140 Å². The van der Waals surface area contributed by atoms with Crippen LogP contribution in [0.25, 0.3) is 0 Å². The number of rotatable bonds is 0. The van der Waals surface area contributed by atoms with Crippen molar-refractivity contribution in [3.05, 3.63) is 11.1 Å². The minimum absolute atomic E-state index is 0.486. The highest BCUT2D eigenvalue weighted by molar-refractivity contribution is 6.21. The van der Waals surface area contributed by atoms with E-state index < -0.39 is 0 Å². The quantitative estimate of drug-likeness (QED) is 0.399. The van der Waals surface area contributed by atoms with Crippen LogP contribution >= 0.6 is 11.6 Å². The number of hydrogen-bond donors (Lipinski definition) is 0. The molecule has 0 heterocycles. The highest BCUT2D eigenvalue weighted by atomic mass is 35.5. The van der Waals surface area contributed by atoms with Crippen LogP contribution in [-0.4, -0.2) is 5.38 Å². The van der Waals surface area contributed by atoms with Gasteiger partial charge in [0.05, 0.1) is 0 Å². The third-order valence-corrected chi connectivity index (χ3v) is 9.74. The van der Waals surface area contributed by atoms with Gasteiger partial charge in [-0.2, -0.15) is 0 Å². The molecule has 8 bridgehead atoms. The molecular formula is C21H29Cl. The summed E-state index contributed by atoms with van der Waals surface area (Å²) in [5.41, 5.74) is 3.98. The molecule has 2 unspecified atom stereocenters. The monoisotopic (exact) mass is 316 g/mol. The van der Waals surface area contributed by atoms with Gasteiger partial charge in [0.15, 0.2) is 0 Å². The fourth-order valence-corrected chi connectivity index (χ4v) is 8.94. The zero-order valence-corrected chi connectivity index (χ0v) is 14.6. The molecule has 0 nitrogen and oxygen atoms in total. The van der Waals surface area contributed by atoms with Crippen LogP contribution in [0.5, 0.6) is 0 Å². The molecule has 0 amide bonds. The lowest BCUT2D eigenvalue weighted by Gasteiger charge is -2.61. The van der Waals surface area contributed by atoms with Gasteiger partial charge in [-0.05, 0) is 105 Å². The van der Waals surface area contributed by atoms with Crippen molar-refractivity contribution >= 4 is 11.6 Å². The average Bonchev–Trinajstić information content (AvgIpc) is 2.47. The van der Waals surface area contributed by atoms with Gasteiger partial charge in [0.25, 0.3) is 0 Å². The molecule has 0 N–H and O–H groups in total. The van der Waals surface area contributed by atoms with Crippen LogP contribution in [0.2, 0.25) is 0 Å². The standard InChI is InChI=1S/C21H29Cl/c1-10-13-7-16-9-17(10)20(18(8-13)21(16)22)19-14-3-11-2-12(5-14)6-15(19)4-11/h10-18,21H,2-9H2,1H3/t10?,11?,12?,13-,14?,15?,16-,17-,18+,21?/m1/s1. The van der Waals surface area contributed by atoms with Crippen LogP contribution in [0.1, 0.15) is 58.3 Å². The van der Waals surface area contributed by atoms with E-state index >= 15 is 0 Å². The summed E-state index contributed by atoms with van der Waals surface area (Å²) < 4.78 is 0. The number of halogens is 1. The molecule has 8 rings (SSSR count). The molecule has 1 heteroatoms.